The van der Waals surface area contributed by atoms with E-state index >= 15 is 0 Å². The lowest BCUT2D eigenvalue weighted by molar-refractivity contribution is -0.574. The highest BCUT2D eigenvalue weighted by molar-refractivity contribution is 5.97. The fourth-order valence-electron chi connectivity index (χ4n) is 1.09. The van der Waals surface area contributed by atoms with Crippen LogP contribution in [0.1, 0.15) is 0 Å². The number of rotatable bonds is 2. The smallest absolute Gasteiger partial charge is 0.433 e. The number of carbonyl (C=O) groups excluding carboxylic acids is 1. The zero-order valence-electron chi connectivity index (χ0n) is 9.30. The van der Waals surface area contributed by atoms with E-state index in [4.69, 9.17) is 5.11 Å². The van der Waals surface area contributed by atoms with Gasteiger partial charge in [0.25, 0.3) is 0 Å². The van der Waals surface area contributed by atoms with Crippen LogP contribution in [0.2, 0.25) is 0 Å². The number of carbonyl (C=O) groups is 1. The molecule has 0 fully saturated rings. The quantitative estimate of drug-likeness (QED) is 0.761. The van der Waals surface area contributed by atoms with Gasteiger partial charge in [-0.05, 0) is 0 Å². The number of Topliss-reactive ketones (excluding diaryl/α,β-unsaturated/α-hetero) is 1. The Balaban J connectivity index is 6.62. The van der Waals surface area contributed by atoms with E-state index in [2.05, 4.69) is 0 Å². The third-order valence-electron chi connectivity index (χ3n) is 2.27. The van der Waals surface area contributed by atoms with Crippen molar-refractivity contribution in [3.05, 3.63) is 0 Å². The van der Waals surface area contributed by atoms with Crippen LogP contribution in [0.5, 0.6) is 0 Å². The fourth-order valence-corrected chi connectivity index (χ4v) is 1.09. The van der Waals surface area contributed by atoms with Crippen molar-refractivity contribution in [3.63, 3.8) is 0 Å². The van der Waals surface area contributed by atoms with Gasteiger partial charge in [-0.3, -0.25) is 4.79 Å². The molecule has 22 heavy (non-hydrogen) atoms. The van der Waals surface area contributed by atoms with Gasteiger partial charge in [0.1, 0.15) is 5.60 Å². The van der Waals surface area contributed by atoms with Crippen LogP contribution < -0.4 is 5.11 Å². The van der Waals surface area contributed by atoms with E-state index < -0.39 is 41.7 Å². The summed E-state index contributed by atoms with van der Waals surface area (Å²) in [5.74, 6) is -5.10. The highest BCUT2D eigenvalue weighted by Crippen LogP contribution is 2.51. The van der Waals surface area contributed by atoms with E-state index in [9.17, 15) is 62.6 Å². The first kappa shape index (κ1) is 20.8. The lowest BCUT2D eigenvalue weighted by Crippen LogP contribution is -2.79. The van der Waals surface area contributed by atoms with Gasteiger partial charge in [-0.2, -0.15) is 52.7 Å². The Hall–Kier alpha value is -1.25. The lowest BCUT2D eigenvalue weighted by atomic mass is 9.83. The van der Waals surface area contributed by atoms with E-state index in [0.29, 0.717) is 0 Å². The molecule has 0 spiro atoms. The third kappa shape index (κ3) is 2.70. The van der Waals surface area contributed by atoms with E-state index in [-0.39, 0.29) is 0 Å². The molecular formula is C7HF12O3-. The van der Waals surface area contributed by atoms with Gasteiger partial charge in [0, 0.05) is 0 Å². The van der Waals surface area contributed by atoms with E-state index in [1.165, 1.54) is 0 Å². The average Bonchev–Trinajstić information content (AvgIpc) is 2.19. The van der Waals surface area contributed by atoms with Gasteiger partial charge >= 0.3 is 30.3 Å². The Bertz CT molecular complexity index is 370. The Morgan fingerprint density at radius 1 is 0.636 bits per heavy atom. The highest BCUT2D eigenvalue weighted by atomic mass is 19.4. The summed E-state index contributed by atoms with van der Waals surface area (Å²) in [6.45, 7) is 0. The molecule has 0 heterocycles. The first-order chi connectivity index (χ1) is 9.15. The molecule has 3 nitrogen and oxygen atoms in total. The maximum Gasteiger partial charge on any atom is 0.433 e. The second-order valence-electron chi connectivity index (χ2n) is 3.71. The first-order valence-electron chi connectivity index (χ1n) is 4.40. The molecule has 132 valence electrons. The fraction of sp³-hybridized carbons (Fsp3) is 0.857. The first-order valence-corrected chi connectivity index (χ1v) is 4.40. The topological polar surface area (TPSA) is 60.4 Å². The second-order valence-corrected chi connectivity index (χ2v) is 3.71. The molecule has 15 heteroatoms. The Morgan fingerprint density at radius 3 is 1.00 bits per heavy atom. The molecule has 0 aromatic carbocycles. The summed E-state index contributed by atoms with van der Waals surface area (Å²) >= 11 is 0. The minimum absolute atomic E-state index is 5.10. The minimum atomic E-state index is -7.44. The van der Waals surface area contributed by atoms with Crippen LogP contribution in [0.25, 0.3) is 0 Å². The van der Waals surface area contributed by atoms with Crippen LogP contribution >= 0.6 is 0 Å². The number of halogens is 12. The molecule has 0 atom stereocenters. The Labute approximate surface area is 111 Å². The number of ketones is 1. The van der Waals surface area contributed by atoms with Gasteiger partial charge in [-0.1, -0.05) is 0 Å². The van der Waals surface area contributed by atoms with Crippen LogP contribution in [0, 0.1) is 0 Å². The Kier molecular flexibility index (Phi) is 4.60. The van der Waals surface area contributed by atoms with Gasteiger partial charge in [-0.15, -0.1) is 0 Å². The zero-order valence-corrected chi connectivity index (χ0v) is 9.30. The van der Waals surface area contributed by atoms with Gasteiger partial charge < -0.3 is 10.2 Å². The summed E-state index contributed by atoms with van der Waals surface area (Å²) in [4.78, 5) is 10.6. The van der Waals surface area contributed by atoms with E-state index in [0.717, 1.165) is 0 Å². The maximum absolute atomic E-state index is 12.1. The van der Waals surface area contributed by atoms with Gasteiger partial charge in [0.2, 0.25) is 0 Å². The summed E-state index contributed by atoms with van der Waals surface area (Å²) < 4.78 is 145. The lowest BCUT2D eigenvalue weighted by Gasteiger charge is -2.46. The minimum Gasteiger partial charge on any atom is -0.831 e. The summed E-state index contributed by atoms with van der Waals surface area (Å²) in [5, 5.41) is 18.8. The maximum atomic E-state index is 12.1. The van der Waals surface area contributed by atoms with Gasteiger partial charge in [0.15, 0.2) is 5.78 Å². The molecule has 0 amide bonds. The highest BCUT2D eigenvalue weighted by Gasteiger charge is 2.82. The molecule has 0 saturated heterocycles. The molecule has 0 aromatic rings. The number of alkyl halides is 12. The SMILES string of the molecule is O=C(C([O-])(C(F)(F)F)C(F)(F)F)C(O)(C(F)(F)F)C(F)(F)F. The third-order valence-corrected chi connectivity index (χ3v) is 2.27. The molecule has 0 aromatic heterocycles. The van der Waals surface area contributed by atoms with Crippen LogP contribution in [0.15, 0.2) is 0 Å². The Morgan fingerprint density at radius 2 is 0.864 bits per heavy atom. The second kappa shape index (κ2) is 4.87. The van der Waals surface area contributed by atoms with Crippen LogP contribution in [-0.2, 0) is 4.79 Å². The summed E-state index contributed by atoms with van der Waals surface area (Å²) in [6.07, 6.45) is -29.6. The van der Waals surface area contributed by atoms with Crippen LogP contribution in [-0.4, -0.2) is 46.8 Å². The van der Waals surface area contributed by atoms with E-state index in [1.54, 1.807) is 0 Å². The van der Waals surface area contributed by atoms with Gasteiger partial charge in [-0.25, -0.2) is 0 Å². The van der Waals surface area contributed by atoms with Crippen molar-refractivity contribution in [1.82, 2.24) is 0 Å². The molecule has 0 unspecified atom stereocenters. The molecule has 0 aliphatic heterocycles. The summed E-state index contributed by atoms with van der Waals surface area (Å²) in [7, 11) is 0. The van der Waals surface area contributed by atoms with E-state index in [1.807, 2.05) is 0 Å². The van der Waals surface area contributed by atoms with Crippen molar-refractivity contribution in [1.29, 1.82) is 0 Å². The van der Waals surface area contributed by atoms with Crippen LogP contribution in [0.4, 0.5) is 52.7 Å². The average molecular weight is 361 g/mol. The number of hydrogen-bond donors (Lipinski definition) is 1. The molecule has 0 radical (unpaired) electrons. The van der Waals surface area contributed by atoms with Crippen molar-refractivity contribution in [2.24, 2.45) is 0 Å². The molecule has 1 N–H and O–H groups in total. The number of hydrogen-bond acceptors (Lipinski definition) is 3. The molecule has 0 rings (SSSR count). The van der Waals surface area contributed by atoms with Crippen molar-refractivity contribution < 1.29 is 67.7 Å². The zero-order chi connectivity index (χ0) is 18.6. The monoisotopic (exact) mass is 361 g/mol. The van der Waals surface area contributed by atoms with Gasteiger partial charge in [0.05, 0.1) is 0 Å². The summed E-state index contributed by atoms with van der Waals surface area (Å²) in [6, 6.07) is 0. The molecular weight excluding hydrogens is 360 g/mol. The standard InChI is InChI=1S/C7HF12O3/c8-4(9,10)2(21,5(11,12)13)1(20)3(22,6(14,15)16)7(17,18)19/h21H/q-1. The molecule has 0 aliphatic rings. The predicted octanol–water partition coefficient (Wildman–Crippen LogP) is 1.63. The van der Waals surface area contributed by atoms with Crippen molar-refractivity contribution in [2.75, 3.05) is 0 Å². The predicted molar refractivity (Wildman–Crippen MR) is 36.9 cm³/mol. The van der Waals surface area contributed by atoms with Crippen LogP contribution in [0.3, 0.4) is 0 Å². The summed E-state index contributed by atoms with van der Waals surface area (Å²) in [5.41, 5.74) is -14.5. The van der Waals surface area contributed by atoms with Crippen molar-refractivity contribution in [3.8, 4) is 0 Å². The van der Waals surface area contributed by atoms with Crippen molar-refractivity contribution in [2.45, 2.75) is 35.9 Å². The molecule has 0 saturated carbocycles. The normalized spacial score (nSPS) is 15.9. The van der Waals surface area contributed by atoms with Crippen molar-refractivity contribution >= 4 is 5.78 Å². The number of aliphatic hydroxyl groups is 1. The molecule has 0 bridgehead atoms. The molecule has 0 aliphatic carbocycles. The largest absolute Gasteiger partial charge is 0.831 e.